The molecule has 1 aromatic carbocycles. The van der Waals surface area contributed by atoms with Gasteiger partial charge in [-0.25, -0.2) is 0 Å². The zero-order valence-corrected chi connectivity index (χ0v) is 14.5. The number of benzene rings is 1. The largest absolute Gasteiger partial charge is 0.356 e. The molecule has 2 aliphatic rings. The van der Waals surface area contributed by atoms with Crippen molar-refractivity contribution in [1.82, 2.24) is 10.6 Å². The lowest BCUT2D eigenvalue weighted by Gasteiger charge is -2.22. The van der Waals surface area contributed by atoms with Gasteiger partial charge in [-0.3, -0.25) is 4.79 Å². The highest BCUT2D eigenvalue weighted by Crippen LogP contribution is 2.47. The summed E-state index contributed by atoms with van der Waals surface area (Å²) in [6, 6.07) is 8.84. The van der Waals surface area contributed by atoms with Crippen LogP contribution in [0.25, 0.3) is 0 Å². The Morgan fingerprint density at radius 3 is 2.74 bits per heavy atom. The van der Waals surface area contributed by atoms with E-state index in [1.165, 1.54) is 24.0 Å². The fourth-order valence-corrected chi connectivity index (χ4v) is 3.68. The topological polar surface area (TPSA) is 41.1 Å². The molecule has 1 saturated heterocycles. The molecule has 3 heteroatoms. The molecule has 3 atom stereocenters. The molecule has 1 aliphatic heterocycles. The van der Waals surface area contributed by atoms with Gasteiger partial charge in [0.15, 0.2) is 0 Å². The molecule has 23 heavy (non-hydrogen) atoms. The first-order valence-electron chi connectivity index (χ1n) is 9.23. The Bertz CT molecular complexity index is 517. The van der Waals surface area contributed by atoms with E-state index in [9.17, 15) is 4.79 Å². The second-order valence-electron chi connectivity index (χ2n) is 7.56. The first-order chi connectivity index (χ1) is 11.1. The predicted molar refractivity (Wildman–Crippen MR) is 94.6 cm³/mol. The van der Waals surface area contributed by atoms with Gasteiger partial charge in [-0.05, 0) is 67.7 Å². The van der Waals surface area contributed by atoms with Gasteiger partial charge in [-0.2, -0.15) is 0 Å². The Balaban J connectivity index is 1.41. The number of amides is 1. The van der Waals surface area contributed by atoms with Crippen LogP contribution in [0, 0.1) is 11.8 Å². The van der Waals surface area contributed by atoms with Gasteiger partial charge in [-0.15, -0.1) is 0 Å². The Morgan fingerprint density at radius 1 is 1.30 bits per heavy atom. The Kier molecular flexibility index (Phi) is 5.37. The maximum Gasteiger partial charge on any atom is 0.223 e. The summed E-state index contributed by atoms with van der Waals surface area (Å²) in [5, 5.41) is 6.59. The van der Waals surface area contributed by atoms with E-state index >= 15 is 0 Å². The van der Waals surface area contributed by atoms with Crippen LogP contribution in [-0.4, -0.2) is 25.5 Å². The molecule has 2 N–H and O–H groups in total. The highest BCUT2D eigenvalue weighted by atomic mass is 16.2. The van der Waals surface area contributed by atoms with E-state index in [0.29, 0.717) is 11.8 Å². The van der Waals surface area contributed by atoms with Crippen LogP contribution in [0.5, 0.6) is 0 Å². The first kappa shape index (κ1) is 16.5. The second-order valence-corrected chi connectivity index (χ2v) is 7.56. The van der Waals surface area contributed by atoms with Crippen LogP contribution in [0.4, 0.5) is 0 Å². The molecular weight excluding hydrogens is 284 g/mol. The molecular formula is C20H30N2O. The predicted octanol–water partition coefficient (Wildman–Crippen LogP) is 3.42. The molecule has 2 fully saturated rings. The highest BCUT2D eigenvalue weighted by molar-refractivity contribution is 5.82. The molecule has 0 spiro atoms. The van der Waals surface area contributed by atoms with Gasteiger partial charge < -0.3 is 10.6 Å². The quantitative estimate of drug-likeness (QED) is 0.845. The van der Waals surface area contributed by atoms with Crippen molar-refractivity contribution in [2.75, 3.05) is 19.6 Å². The third kappa shape index (κ3) is 4.35. The van der Waals surface area contributed by atoms with Crippen molar-refractivity contribution >= 4 is 5.91 Å². The van der Waals surface area contributed by atoms with Crippen molar-refractivity contribution in [1.29, 1.82) is 0 Å². The molecule has 126 valence electrons. The van der Waals surface area contributed by atoms with Crippen LogP contribution in [0.2, 0.25) is 0 Å². The summed E-state index contributed by atoms with van der Waals surface area (Å²) in [6.45, 7) is 7.53. The third-order valence-electron chi connectivity index (χ3n) is 5.41. The van der Waals surface area contributed by atoms with Crippen LogP contribution in [0.15, 0.2) is 24.3 Å². The van der Waals surface area contributed by atoms with E-state index in [-0.39, 0.29) is 11.8 Å². The minimum Gasteiger partial charge on any atom is -0.356 e. The Morgan fingerprint density at radius 2 is 2.09 bits per heavy atom. The SMILES string of the molecule is CC(C)c1ccc(C2CC2C(=O)NCCC2CCCNC2)cc1. The van der Waals surface area contributed by atoms with Crippen LogP contribution < -0.4 is 10.6 Å². The van der Waals surface area contributed by atoms with E-state index < -0.39 is 0 Å². The number of carbonyl (C=O) groups excluding carboxylic acids is 1. The fourth-order valence-electron chi connectivity index (χ4n) is 3.68. The lowest BCUT2D eigenvalue weighted by Crippen LogP contribution is -2.33. The molecule has 1 aromatic rings. The summed E-state index contributed by atoms with van der Waals surface area (Å²) < 4.78 is 0. The van der Waals surface area contributed by atoms with Crippen LogP contribution in [0.1, 0.15) is 62.5 Å². The Labute approximate surface area is 140 Å². The molecule has 3 unspecified atom stereocenters. The third-order valence-corrected chi connectivity index (χ3v) is 5.41. The molecule has 1 saturated carbocycles. The van der Waals surface area contributed by atoms with Crippen molar-refractivity contribution in [2.45, 2.75) is 51.4 Å². The van der Waals surface area contributed by atoms with Gasteiger partial charge in [-0.1, -0.05) is 38.1 Å². The maximum absolute atomic E-state index is 12.3. The van der Waals surface area contributed by atoms with Crippen molar-refractivity contribution in [3.63, 3.8) is 0 Å². The van der Waals surface area contributed by atoms with Gasteiger partial charge in [0, 0.05) is 12.5 Å². The number of hydrogen-bond donors (Lipinski definition) is 2. The highest BCUT2D eigenvalue weighted by Gasteiger charge is 2.43. The van der Waals surface area contributed by atoms with Crippen LogP contribution in [-0.2, 0) is 4.79 Å². The van der Waals surface area contributed by atoms with Crippen molar-refractivity contribution in [2.24, 2.45) is 11.8 Å². The van der Waals surface area contributed by atoms with Crippen LogP contribution in [0.3, 0.4) is 0 Å². The van der Waals surface area contributed by atoms with E-state index in [0.717, 1.165) is 38.4 Å². The molecule has 1 aliphatic carbocycles. The molecule has 3 rings (SSSR count). The van der Waals surface area contributed by atoms with Gasteiger partial charge in [0.25, 0.3) is 0 Å². The van der Waals surface area contributed by atoms with Crippen molar-refractivity contribution in [3.8, 4) is 0 Å². The van der Waals surface area contributed by atoms with Crippen molar-refractivity contribution in [3.05, 3.63) is 35.4 Å². The number of nitrogens with one attached hydrogen (secondary N) is 2. The van der Waals surface area contributed by atoms with E-state index in [1.807, 2.05) is 0 Å². The number of rotatable bonds is 6. The van der Waals surface area contributed by atoms with Gasteiger partial charge in [0.2, 0.25) is 5.91 Å². The Hall–Kier alpha value is -1.35. The fraction of sp³-hybridized carbons (Fsp3) is 0.650. The van der Waals surface area contributed by atoms with Gasteiger partial charge in [0.1, 0.15) is 0 Å². The zero-order chi connectivity index (χ0) is 16.2. The summed E-state index contributed by atoms with van der Waals surface area (Å²) >= 11 is 0. The average Bonchev–Trinajstić information content (AvgIpc) is 3.36. The van der Waals surface area contributed by atoms with Crippen LogP contribution >= 0.6 is 0 Å². The lowest BCUT2D eigenvalue weighted by atomic mass is 9.96. The molecule has 0 aromatic heterocycles. The summed E-state index contributed by atoms with van der Waals surface area (Å²) in [7, 11) is 0. The summed E-state index contributed by atoms with van der Waals surface area (Å²) in [4.78, 5) is 12.3. The molecule has 3 nitrogen and oxygen atoms in total. The molecule has 1 heterocycles. The number of piperidine rings is 1. The number of hydrogen-bond acceptors (Lipinski definition) is 2. The minimum absolute atomic E-state index is 0.199. The van der Waals surface area contributed by atoms with E-state index in [4.69, 9.17) is 0 Å². The normalized spacial score (nSPS) is 27.0. The first-order valence-corrected chi connectivity index (χ1v) is 9.23. The molecule has 1 amide bonds. The van der Waals surface area contributed by atoms with Crippen molar-refractivity contribution < 1.29 is 4.79 Å². The minimum atomic E-state index is 0.199. The standard InChI is InChI=1S/C20H30N2O/c1-14(2)16-5-7-17(8-6-16)18-12-19(18)20(23)22-11-9-15-4-3-10-21-13-15/h5-8,14-15,18-19,21H,3-4,9-13H2,1-2H3,(H,22,23). The number of carbonyl (C=O) groups is 1. The smallest absolute Gasteiger partial charge is 0.223 e. The maximum atomic E-state index is 12.3. The second kappa shape index (κ2) is 7.48. The summed E-state index contributed by atoms with van der Waals surface area (Å²) in [5.41, 5.74) is 2.70. The van der Waals surface area contributed by atoms with E-state index in [2.05, 4.69) is 48.7 Å². The lowest BCUT2D eigenvalue weighted by molar-refractivity contribution is -0.122. The summed E-state index contributed by atoms with van der Waals surface area (Å²) in [5.74, 6) is 2.20. The summed E-state index contributed by atoms with van der Waals surface area (Å²) in [6.07, 6.45) is 4.70. The van der Waals surface area contributed by atoms with E-state index in [1.54, 1.807) is 0 Å². The van der Waals surface area contributed by atoms with Gasteiger partial charge in [0.05, 0.1) is 0 Å². The monoisotopic (exact) mass is 314 g/mol. The van der Waals surface area contributed by atoms with Gasteiger partial charge >= 0.3 is 0 Å². The molecule has 0 radical (unpaired) electrons. The molecule has 0 bridgehead atoms. The average molecular weight is 314 g/mol. The zero-order valence-electron chi connectivity index (χ0n) is 14.5.